The molecule has 6 heteroatoms. The summed E-state index contributed by atoms with van der Waals surface area (Å²) in [6.45, 7) is 3.53. The van der Waals surface area contributed by atoms with Gasteiger partial charge in [-0.1, -0.05) is 15.9 Å². The monoisotopic (exact) mass is 311 g/mol. The topological polar surface area (TPSA) is 54.5 Å². The predicted octanol–water partition coefficient (Wildman–Crippen LogP) is 1.20. The number of carbonyl (C=O) groups is 1. The van der Waals surface area contributed by atoms with E-state index < -0.39 is 14.6 Å². The van der Waals surface area contributed by atoms with E-state index in [0.717, 1.165) is 19.1 Å². The van der Waals surface area contributed by atoms with E-state index in [1.807, 2.05) is 0 Å². The van der Waals surface area contributed by atoms with Crippen molar-refractivity contribution in [3.63, 3.8) is 0 Å². The fourth-order valence-corrected chi connectivity index (χ4v) is 2.25. The van der Waals surface area contributed by atoms with Crippen molar-refractivity contribution in [3.05, 3.63) is 0 Å². The molecule has 1 rings (SSSR count). The SMILES string of the molecule is CC(C)(C(=O)N(CCBr)C1CC1)S(C)(=O)=O. The quantitative estimate of drug-likeness (QED) is 0.717. The van der Waals surface area contributed by atoms with Gasteiger partial charge in [-0.05, 0) is 26.7 Å². The molecule has 0 bridgehead atoms. The van der Waals surface area contributed by atoms with Crippen LogP contribution in [0, 0.1) is 0 Å². The Morgan fingerprint density at radius 1 is 1.44 bits per heavy atom. The zero-order valence-corrected chi connectivity index (χ0v) is 12.3. The third-order valence-corrected chi connectivity index (χ3v) is 5.40. The largest absolute Gasteiger partial charge is 0.338 e. The zero-order valence-electron chi connectivity index (χ0n) is 9.86. The van der Waals surface area contributed by atoms with Crippen LogP contribution in [-0.4, -0.2) is 48.1 Å². The van der Waals surface area contributed by atoms with Gasteiger partial charge in [-0.2, -0.15) is 0 Å². The average Bonchev–Trinajstić information content (AvgIpc) is 2.94. The van der Waals surface area contributed by atoms with Crippen molar-refractivity contribution in [1.82, 2.24) is 4.90 Å². The van der Waals surface area contributed by atoms with Gasteiger partial charge in [0.05, 0.1) is 0 Å². The Hall–Kier alpha value is -0.100. The van der Waals surface area contributed by atoms with Gasteiger partial charge in [-0.25, -0.2) is 8.42 Å². The van der Waals surface area contributed by atoms with Gasteiger partial charge in [-0.15, -0.1) is 0 Å². The highest BCUT2D eigenvalue weighted by atomic mass is 79.9. The highest BCUT2D eigenvalue weighted by Crippen LogP contribution is 2.30. The fraction of sp³-hybridized carbons (Fsp3) is 0.900. The molecule has 0 unspecified atom stereocenters. The first-order valence-electron chi connectivity index (χ1n) is 5.28. The molecule has 1 amide bonds. The Balaban J connectivity index is 2.89. The van der Waals surface area contributed by atoms with Gasteiger partial charge in [0, 0.05) is 24.2 Å². The molecule has 4 nitrogen and oxygen atoms in total. The Bertz CT molecular complexity index is 374. The van der Waals surface area contributed by atoms with E-state index in [1.165, 1.54) is 13.8 Å². The zero-order chi connectivity index (χ0) is 12.6. The first-order valence-corrected chi connectivity index (χ1v) is 8.29. The van der Waals surface area contributed by atoms with Crippen LogP contribution >= 0.6 is 15.9 Å². The minimum Gasteiger partial charge on any atom is -0.338 e. The number of halogens is 1. The second-order valence-corrected chi connectivity index (χ2v) is 8.06. The highest BCUT2D eigenvalue weighted by Gasteiger charge is 2.45. The Morgan fingerprint density at radius 3 is 2.25 bits per heavy atom. The lowest BCUT2D eigenvalue weighted by atomic mass is 10.1. The van der Waals surface area contributed by atoms with Crippen molar-refractivity contribution in [2.75, 3.05) is 18.1 Å². The van der Waals surface area contributed by atoms with Gasteiger partial charge in [0.25, 0.3) is 0 Å². The maximum atomic E-state index is 12.2. The van der Waals surface area contributed by atoms with Gasteiger partial charge < -0.3 is 4.90 Å². The summed E-state index contributed by atoms with van der Waals surface area (Å²) >= 11 is 3.29. The van der Waals surface area contributed by atoms with E-state index in [1.54, 1.807) is 4.90 Å². The third kappa shape index (κ3) is 2.77. The molecule has 1 saturated carbocycles. The van der Waals surface area contributed by atoms with Crippen LogP contribution in [0.5, 0.6) is 0 Å². The summed E-state index contributed by atoms with van der Waals surface area (Å²) in [6.07, 6.45) is 3.08. The molecule has 0 saturated heterocycles. The molecule has 0 aromatic rings. The molecular weight excluding hydrogens is 294 g/mol. The summed E-state index contributed by atoms with van der Waals surface area (Å²) < 4.78 is 21.9. The van der Waals surface area contributed by atoms with Crippen molar-refractivity contribution in [2.24, 2.45) is 0 Å². The molecule has 0 heterocycles. The van der Waals surface area contributed by atoms with Gasteiger partial charge in [0.1, 0.15) is 4.75 Å². The maximum absolute atomic E-state index is 12.2. The van der Waals surface area contributed by atoms with Crippen molar-refractivity contribution in [1.29, 1.82) is 0 Å². The number of rotatable bonds is 5. The summed E-state index contributed by atoms with van der Waals surface area (Å²) in [7, 11) is -3.38. The second kappa shape index (κ2) is 4.64. The molecule has 1 aliphatic rings. The second-order valence-electron chi connectivity index (χ2n) is 4.70. The molecule has 94 valence electrons. The Morgan fingerprint density at radius 2 is 1.94 bits per heavy atom. The smallest absolute Gasteiger partial charge is 0.243 e. The van der Waals surface area contributed by atoms with E-state index in [2.05, 4.69) is 15.9 Å². The van der Waals surface area contributed by atoms with Crippen molar-refractivity contribution >= 4 is 31.7 Å². The lowest BCUT2D eigenvalue weighted by molar-refractivity contribution is -0.133. The first kappa shape index (κ1) is 14.0. The molecule has 0 atom stereocenters. The Labute approximate surface area is 105 Å². The maximum Gasteiger partial charge on any atom is 0.243 e. The number of amides is 1. The van der Waals surface area contributed by atoms with E-state index >= 15 is 0 Å². The molecule has 0 spiro atoms. The number of alkyl halides is 1. The number of hydrogen-bond acceptors (Lipinski definition) is 3. The molecular formula is C10H18BrNO3S. The van der Waals surface area contributed by atoms with Crippen LogP contribution < -0.4 is 0 Å². The fourth-order valence-electron chi connectivity index (χ4n) is 1.43. The highest BCUT2D eigenvalue weighted by molar-refractivity contribution is 9.09. The summed E-state index contributed by atoms with van der Waals surface area (Å²) in [5.41, 5.74) is 0. The number of hydrogen-bond donors (Lipinski definition) is 0. The van der Waals surface area contributed by atoms with E-state index in [-0.39, 0.29) is 11.9 Å². The van der Waals surface area contributed by atoms with Crippen molar-refractivity contribution in [2.45, 2.75) is 37.5 Å². The van der Waals surface area contributed by atoms with Crippen LogP contribution in [-0.2, 0) is 14.6 Å². The lowest BCUT2D eigenvalue weighted by Crippen LogP contribution is -2.51. The molecule has 0 N–H and O–H groups in total. The molecule has 1 aliphatic carbocycles. The average molecular weight is 312 g/mol. The van der Waals surface area contributed by atoms with E-state index in [9.17, 15) is 13.2 Å². The van der Waals surface area contributed by atoms with Crippen LogP contribution in [0.1, 0.15) is 26.7 Å². The van der Waals surface area contributed by atoms with Gasteiger partial charge in [-0.3, -0.25) is 4.79 Å². The minimum atomic E-state index is -3.38. The van der Waals surface area contributed by atoms with Crippen LogP contribution in [0.3, 0.4) is 0 Å². The molecule has 0 aromatic heterocycles. The molecule has 0 aromatic carbocycles. The minimum absolute atomic E-state index is 0.242. The predicted molar refractivity (Wildman–Crippen MR) is 67.5 cm³/mol. The van der Waals surface area contributed by atoms with Crippen molar-refractivity contribution in [3.8, 4) is 0 Å². The molecule has 16 heavy (non-hydrogen) atoms. The number of nitrogens with zero attached hydrogens (tertiary/aromatic N) is 1. The summed E-state index contributed by atoms with van der Waals surface area (Å²) in [6, 6.07) is 0.242. The standard InChI is InChI=1S/C10H18BrNO3S/c1-10(2,16(3,14)15)9(13)12(7-6-11)8-4-5-8/h8H,4-7H2,1-3H3. The van der Waals surface area contributed by atoms with Crippen LogP contribution in [0.25, 0.3) is 0 Å². The summed E-state index contributed by atoms with van der Waals surface area (Å²) in [5, 5.41) is 0.676. The lowest BCUT2D eigenvalue weighted by Gasteiger charge is -2.30. The Kier molecular flexibility index (Phi) is 4.05. The normalized spacial score (nSPS) is 17.2. The van der Waals surface area contributed by atoms with Crippen LogP contribution in [0.15, 0.2) is 0 Å². The van der Waals surface area contributed by atoms with Crippen LogP contribution in [0.4, 0.5) is 0 Å². The molecule has 0 aliphatic heterocycles. The van der Waals surface area contributed by atoms with Gasteiger partial charge in [0.15, 0.2) is 9.84 Å². The first-order chi connectivity index (χ1) is 7.21. The number of sulfone groups is 1. The molecule has 0 radical (unpaired) electrons. The van der Waals surface area contributed by atoms with Gasteiger partial charge >= 0.3 is 0 Å². The van der Waals surface area contributed by atoms with Crippen LogP contribution in [0.2, 0.25) is 0 Å². The van der Waals surface area contributed by atoms with E-state index in [0.29, 0.717) is 11.9 Å². The van der Waals surface area contributed by atoms with E-state index in [4.69, 9.17) is 0 Å². The summed E-state index contributed by atoms with van der Waals surface area (Å²) in [5.74, 6) is -0.281. The molecule has 1 fully saturated rings. The summed E-state index contributed by atoms with van der Waals surface area (Å²) in [4.78, 5) is 13.9. The number of carbonyl (C=O) groups excluding carboxylic acids is 1. The van der Waals surface area contributed by atoms with Gasteiger partial charge in [0.2, 0.25) is 5.91 Å². The third-order valence-electron chi connectivity index (χ3n) is 3.02. The van der Waals surface area contributed by atoms with Crippen molar-refractivity contribution < 1.29 is 13.2 Å².